The summed E-state index contributed by atoms with van der Waals surface area (Å²) < 4.78 is 0. The number of hydrogen-bond acceptors (Lipinski definition) is 2. The molecule has 1 aromatic carbocycles. The molecule has 2 rings (SSSR count). The van der Waals surface area contributed by atoms with Crippen LogP contribution in [0.3, 0.4) is 0 Å². The summed E-state index contributed by atoms with van der Waals surface area (Å²) in [4.78, 5) is 4.05. The zero-order chi connectivity index (χ0) is 13.8. The molecule has 19 heavy (non-hydrogen) atoms. The quantitative estimate of drug-likeness (QED) is 0.901. The summed E-state index contributed by atoms with van der Waals surface area (Å²) in [7, 11) is 1.92. The summed E-state index contributed by atoms with van der Waals surface area (Å²) in [6.07, 6.45) is 3.60. The molecule has 2 aromatic rings. The fourth-order valence-electron chi connectivity index (χ4n) is 2.31. The van der Waals surface area contributed by atoms with Gasteiger partial charge in [-0.05, 0) is 36.9 Å². The summed E-state index contributed by atoms with van der Waals surface area (Å²) in [5, 5.41) is 4.68. The average Bonchev–Trinajstić information content (AvgIpc) is 2.43. The number of pyridine rings is 1. The maximum Gasteiger partial charge on any atom is 0.0468 e. The topological polar surface area (TPSA) is 24.9 Å². The molecular weight excluding hydrogens is 279 g/mol. The van der Waals surface area contributed by atoms with Gasteiger partial charge in [0.05, 0.1) is 0 Å². The third-order valence-corrected chi connectivity index (χ3v) is 4.01. The predicted octanol–water partition coefficient (Wildman–Crippen LogP) is 4.45. The lowest BCUT2D eigenvalue weighted by Crippen LogP contribution is -2.23. The number of rotatable bonds is 4. The van der Waals surface area contributed by atoms with Crippen molar-refractivity contribution in [3.63, 3.8) is 0 Å². The Balaban J connectivity index is 2.40. The van der Waals surface area contributed by atoms with Gasteiger partial charge in [0.2, 0.25) is 0 Å². The van der Waals surface area contributed by atoms with E-state index in [0.717, 1.165) is 5.56 Å². The highest BCUT2D eigenvalue weighted by Gasteiger charge is 2.23. The highest BCUT2D eigenvalue weighted by molar-refractivity contribution is 6.36. The molecule has 0 aliphatic rings. The summed E-state index contributed by atoms with van der Waals surface area (Å²) in [5.74, 6) is 0.241. The van der Waals surface area contributed by atoms with Crippen molar-refractivity contribution in [2.45, 2.75) is 18.9 Å². The first-order valence-electron chi connectivity index (χ1n) is 6.16. The molecule has 2 atom stereocenters. The molecular formula is C15H16Cl2N2. The molecule has 0 spiro atoms. The Labute approximate surface area is 123 Å². The van der Waals surface area contributed by atoms with Crippen molar-refractivity contribution in [3.05, 3.63) is 63.9 Å². The highest BCUT2D eigenvalue weighted by atomic mass is 35.5. The van der Waals surface area contributed by atoms with Gasteiger partial charge >= 0.3 is 0 Å². The van der Waals surface area contributed by atoms with Crippen LogP contribution >= 0.6 is 23.2 Å². The molecule has 0 aliphatic carbocycles. The van der Waals surface area contributed by atoms with Crippen molar-refractivity contribution < 1.29 is 0 Å². The van der Waals surface area contributed by atoms with E-state index >= 15 is 0 Å². The molecule has 1 aromatic heterocycles. The second kappa shape index (κ2) is 6.38. The van der Waals surface area contributed by atoms with E-state index in [9.17, 15) is 0 Å². The van der Waals surface area contributed by atoms with E-state index in [1.54, 1.807) is 12.4 Å². The molecule has 0 saturated carbocycles. The largest absolute Gasteiger partial charge is 0.312 e. The van der Waals surface area contributed by atoms with Gasteiger partial charge in [0.25, 0.3) is 0 Å². The van der Waals surface area contributed by atoms with E-state index in [0.29, 0.717) is 10.0 Å². The molecule has 0 fully saturated rings. The predicted molar refractivity (Wildman–Crippen MR) is 80.9 cm³/mol. The van der Waals surface area contributed by atoms with Crippen LogP contribution in [0.2, 0.25) is 10.0 Å². The van der Waals surface area contributed by atoms with Crippen LogP contribution in [0.5, 0.6) is 0 Å². The number of nitrogens with zero attached hydrogens (tertiary/aromatic N) is 1. The van der Waals surface area contributed by atoms with Crippen LogP contribution in [0.1, 0.15) is 30.0 Å². The monoisotopic (exact) mass is 294 g/mol. The number of benzene rings is 1. The minimum absolute atomic E-state index is 0.0589. The Kier molecular flexibility index (Phi) is 4.81. The summed E-state index contributed by atoms with van der Waals surface area (Å²) in [6.45, 7) is 2.15. The summed E-state index contributed by atoms with van der Waals surface area (Å²) in [5.41, 5.74) is 2.14. The van der Waals surface area contributed by atoms with Crippen LogP contribution in [0.25, 0.3) is 0 Å². The van der Waals surface area contributed by atoms with Gasteiger partial charge in [-0.25, -0.2) is 0 Å². The van der Waals surface area contributed by atoms with Crippen molar-refractivity contribution in [2.24, 2.45) is 0 Å². The lowest BCUT2D eigenvalue weighted by atomic mass is 9.89. The molecule has 0 radical (unpaired) electrons. The molecule has 2 nitrogen and oxygen atoms in total. The third-order valence-electron chi connectivity index (χ3n) is 3.35. The Morgan fingerprint density at radius 1 is 1.05 bits per heavy atom. The fourth-order valence-corrected chi connectivity index (χ4v) is 2.94. The second-order valence-corrected chi connectivity index (χ2v) is 5.29. The molecule has 0 amide bonds. The van der Waals surface area contributed by atoms with Gasteiger partial charge < -0.3 is 5.32 Å². The number of aromatic nitrogens is 1. The van der Waals surface area contributed by atoms with Gasteiger partial charge in [0, 0.05) is 40.0 Å². The first kappa shape index (κ1) is 14.3. The molecule has 0 bridgehead atoms. The number of likely N-dealkylation sites (N-methyl/N-ethyl adjacent to an activating group) is 1. The molecule has 1 heterocycles. The lowest BCUT2D eigenvalue weighted by Gasteiger charge is -2.26. The van der Waals surface area contributed by atoms with Gasteiger partial charge in [-0.1, -0.05) is 36.2 Å². The van der Waals surface area contributed by atoms with E-state index in [1.165, 1.54) is 5.56 Å². The number of nitrogens with one attached hydrogen (secondary N) is 1. The van der Waals surface area contributed by atoms with Gasteiger partial charge in [0.15, 0.2) is 0 Å². The SMILES string of the molecule is CNC(c1c(Cl)cccc1Cl)C(C)c1ccncc1. The summed E-state index contributed by atoms with van der Waals surface area (Å²) >= 11 is 12.6. The minimum atomic E-state index is 0.0589. The molecule has 100 valence electrons. The number of halogens is 2. The van der Waals surface area contributed by atoms with Crippen molar-refractivity contribution >= 4 is 23.2 Å². The van der Waals surface area contributed by atoms with Gasteiger partial charge in [-0.2, -0.15) is 0 Å². The first-order valence-corrected chi connectivity index (χ1v) is 6.92. The van der Waals surface area contributed by atoms with Crippen molar-refractivity contribution in [3.8, 4) is 0 Å². The zero-order valence-corrected chi connectivity index (χ0v) is 12.4. The van der Waals surface area contributed by atoms with Crippen LogP contribution in [0.4, 0.5) is 0 Å². The van der Waals surface area contributed by atoms with Gasteiger partial charge in [-0.15, -0.1) is 0 Å². The van der Waals surface area contributed by atoms with Crippen LogP contribution in [0.15, 0.2) is 42.7 Å². The third kappa shape index (κ3) is 3.08. The van der Waals surface area contributed by atoms with Gasteiger partial charge in [0.1, 0.15) is 0 Å². The lowest BCUT2D eigenvalue weighted by molar-refractivity contribution is 0.508. The molecule has 0 saturated heterocycles. The molecule has 4 heteroatoms. The Hall–Kier alpha value is -1.09. The average molecular weight is 295 g/mol. The normalized spacial score (nSPS) is 14.1. The van der Waals surface area contributed by atoms with E-state index in [-0.39, 0.29) is 12.0 Å². The fraction of sp³-hybridized carbons (Fsp3) is 0.267. The van der Waals surface area contributed by atoms with Crippen LogP contribution < -0.4 is 5.32 Å². The zero-order valence-electron chi connectivity index (χ0n) is 10.9. The van der Waals surface area contributed by atoms with E-state index < -0.39 is 0 Å². The maximum atomic E-state index is 6.30. The number of hydrogen-bond donors (Lipinski definition) is 1. The maximum absolute atomic E-state index is 6.30. The van der Waals surface area contributed by atoms with Crippen LogP contribution in [0, 0.1) is 0 Å². The Morgan fingerprint density at radius 3 is 2.16 bits per heavy atom. The minimum Gasteiger partial charge on any atom is -0.312 e. The van der Waals surface area contributed by atoms with Crippen molar-refractivity contribution in [1.29, 1.82) is 0 Å². The highest BCUT2D eigenvalue weighted by Crippen LogP contribution is 2.37. The Morgan fingerprint density at radius 2 is 1.63 bits per heavy atom. The second-order valence-electron chi connectivity index (χ2n) is 4.47. The van der Waals surface area contributed by atoms with E-state index in [1.807, 2.05) is 37.4 Å². The molecule has 1 N–H and O–H groups in total. The molecule has 0 aliphatic heterocycles. The van der Waals surface area contributed by atoms with Crippen LogP contribution in [-0.2, 0) is 0 Å². The van der Waals surface area contributed by atoms with Crippen LogP contribution in [-0.4, -0.2) is 12.0 Å². The first-order chi connectivity index (χ1) is 9.15. The standard InChI is InChI=1S/C15H16Cl2N2/c1-10(11-6-8-19-9-7-11)15(18-2)14-12(16)4-3-5-13(14)17/h3-10,15,18H,1-2H3. The van der Waals surface area contributed by atoms with E-state index in [4.69, 9.17) is 23.2 Å². The smallest absolute Gasteiger partial charge is 0.0468 e. The summed E-state index contributed by atoms with van der Waals surface area (Å²) in [6, 6.07) is 9.68. The van der Waals surface area contributed by atoms with E-state index in [2.05, 4.69) is 17.2 Å². The molecule has 2 unspecified atom stereocenters. The van der Waals surface area contributed by atoms with Gasteiger partial charge in [-0.3, -0.25) is 4.98 Å². The van der Waals surface area contributed by atoms with Crippen molar-refractivity contribution in [2.75, 3.05) is 7.05 Å². The van der Waals surface area contributed by atoms with Crippen molar-refractivity contribution in [1.82, 2.24) is 10.3 Å². The Bertz CT molecular complexity index is 523.